The van der Waals surface area contributed by atoms with Gasteiger partial charge in [-0.25, -0.2) is 0 Å². The van der Waals surface area contributed by atoms with Crippen molar-refractivity contribution in [1.82, 2.24) is 0 Å². The molecule has 3 aromatic rings. The van der Waals surface area contributed by atoms with Gasteiger partial charge in [0.1, 0.15) is 0 Å². The Balaban J connectivity index is 1.56. The first-order valence-corrected chi connectivity index (χ1v) is 10.6. The maximum atomic E-state index is 12.5. The number of hydrogen-bond donors (Lipinski definition) is 4. The van der Waals surface area contributed by atoms with Gasteiger partial charge in [0, 0.05) is 40.3 Å². The number of benzene rings is 3. The van der Waals surface area contributed by atoms with Gasteiger partial charge in [-0.05, 0) is 78.2 Å². The van der Waals surface area contributed by atoms with E-state index in [4.69, 9.17) is 5.73 Å². The molecule has 0 saturated carbocycles. The fourth-order valence-electron chi connectivity index (χ4n) is 3.07. The zero-order chi connectivity index (χ0) is 24.0. The van der Waals surface area contributed by atoms with E-state index < -0.39 is 0 Å². The van der Waals surface area contributed by atoms with Gasteiger partial charge in [0.25, 0.3) is 11.8 Å². The normalized spacial score (nSPS) is 10.9. The van der Waals surface area contributed by atoms with E-state index in [9.17, 15) is 14.4 Å². The van der Waals surface area contributed by atoms with Crippen LogP contribution in [-0.2, 0) is 4.79 Å². The molecule has 0 aliphatic heterocycles. The number of carbonyl (C=O) groups is 3. The minimum atomic E-state index is -0.290. The summed E-state index contributed by atoms with van der Waals surface area (Å²) in [6, 6.07) is 20.2. The monoisotopic (exact) mass is 444 g/mol. The Labute approximate surface area is 193 Å². The Bertz CT molecular complexity index is 1130. The fraction of sp³-hybridized carbons (Fsp3) is 0.192. The summed E-state index contributed by atoms with van der Waals surface area (Å²) < 4.78 is 0. The molecule has 0 atom stereocenters. The third kappa shape index (κ3) is 7.21. The van der Waals surface area contributed by atoms with Crippen LogP contribution in [0.3, 0.4) is 0 Å². The van der Waals surface area contributed by atoms with Crippen LogP contribution in [0.2, 0.25) is 0 Å². The Kier molecular flexibility index (Phi) is 7.13. The highest BCUT2D eigenvalue weighted by atomic mass is 16.2. The van der Waals surface area contributed by atoms with Gasteiger partial charge >= 0.3 is 0 Å². The summed E-state index contributed by atoms with van der Waals surface area (Å²) in [5.41, 5.74) is 8.92. The van der Waals surface area contributed by atoms with E-state index >= 15 is 0 Å². The first-order chi connectivity index (χ1) is 15.6. The molecule has 3 rings (SSSR count). The van der Waals surface area contributed by atoms with Crippen molar-refractivity contribution in [2.45, 2.75) is 27.2 Å². The van der Waals surface area contributed by atoms with Crippen LogP contribution in [0.25, 0.3) is 0 Å². The second-order valence-corrected chi connectivity index (χ2v) is 8.97. The van der Waals surface area contributed by atoms with Gasteiger partial charge in [0.2, 0.25) is 5.91 Å². The van der Waals surface area contributed by atoms with Crippen molar-refractivity contribution in [3.05, 3.63) is 83.9 Å². The van der Waals surface area contributed by atoms with Crippen LogP contribution < -0.4 is 21.7 Å². The third-order valence-corrected chi connectivity index (χ3v) is 4.70. The van der Waals surface area contributed by atoms with Crippen LogP contribution in [-0.4, -0.2) is 17.7 Å². The van der Waals surface area contributed by atoms with Crippen LogP contribution in [0.15, 0.2) is 72.8 Å². The Morgan fingerprint density at radius 3 is 1.39 bits per heavy atom. The van der Waals surface area contributed by atoms with E-state index in [0.29, 0.717) is 40.3 Å². The van der Waals surface area contributed by atoms with Gasteiger partial charge in [-0.2, -0.15) is 0 Å². The van der Waals surface area contributed by atoms with Crippen molar-refractivity contribution in [2.75, 3.05) is 21.7 Å². The molecule has 0 aliphatic carbocycles. The number of anilines is 4. The van der Waals surface area contributed by atoms with Crippen molar-refractivity contribution < 1.29 is 14.4 Å². The number of carbonyl (C=O) groups excluding carboxylic acids is 3. The highest BCUT2D eigenvalue weighted by Gasteiger charge is 2.16. The largest absolute Gasteiger partial charge is 0.399 e. The second-order valence-electron chi connectivity index (χ2n) is 8.97. The van der Waals surface area contributed by atoms with Crippen LogP contribution in [0.4, 0.5) is 22.7 Å². The van der Waals surface area contributed by atoms with E-state index in [1.54, 1.807) is 72.8 Å². The predicted molar refractivity (Wildman–Crippen MR) is 132 cm³/mol. The number of nitrogens with two attached hydrogens (primary N) is 1. The Morgan fingerprint density at radius 2 is 1.00 bits per heavy atom. The molecule has 3 amide bonds. The molecule has 0 aliphatic rings. The molecule has 0 saturated heterocycles. The predicted octanol–water partition coefficient (Wildman–Crippen LogP) is 5.15. The summed E-state index contributed by atoms with van der Waals surface area (Å²) in [7, 11) is 0. The number of hydrogen-bond acceptors (Lipinski definition) is 4. The molecule has 3 aromatic carbocycles. The molecule has 33 heavy (non-hydrogen) atoms. The lowest BCUT2D eigenvalue weighted by Gasteiger charge is -2.17. The molecule has 0 aromatic heterocycles. The van der Waals surface area contributed by atoms with Gasteiger partial charge in [-0.15, -0.1) is 0 Å². The number of rotatable bonds is 6. The Morgan fingerprint density at radius 1 is 0.636 bits per heavy atom. The van der Waals surface area contributed by atoms with E-state index in [2.05, 4.69) is 16.0 Å². The lowest BCUT2D eigenvalue weighted by molar-refractivity contribution is -0.117. The van der Waals surface area contributed by atoms with Crippen LogP contribution in [0, 0.1) is 5.41 Å². The van der Waals surface area contributed by atoms with Crippen molar-refractivity contribution in [1.29, 1.82) is 0 Å². The minimum Gasteiger partial charge on any atom is -0.399 e. The van der Waals surface area contributed by atoms with E-state index in [0.717, 1.165) is 0 Å². The zero-order valence-corrected chi connectivity index (χ0v) is 18.9. The summed E-state index contributed by atoms with van der Waals surface area (Å²) in [6.07, 6.45) is 0.406. The molecular formula is C26H28N4O3. The van der Waals surface area contributed by atoms with Gasteiger partial charge in [-0.3, -0.25) is 14.4 Å². The van der Waals surface area contributed by atoms with Gasteiger partial charge in [0.15, 0.2) is 0 Å². The first kappa shape index (κ1) is 23.5. The molecule has 0 heterocycles. The van der Waals surface area contributed by atoms with Crippen LogP contribution in [0.1, 0.15) is 47.9 Å². The standard InChI is InChI=1S/C26H28N4O3/c1-26(2,3)16-23(31)28-20-10-4-17(5-11-20)24(32)29-21-12-6-18(7-13-21)25(33)30-22-14-8-19(27)9-15-22/h4-15H,16,27H2,1-3H3,(H,28,31)(H,29,32)(H,30,33). The molecule has 5 N–H and O–H groups in total. The molecule has 7 heteroatoms. The zero-order valence-electron chi connectivity index (χ0n) is 18.9. The summed E-state index contributed by atoms with van der Waals surface area (Å²) >= 11 is 0. The molecule has 0 spiro atoms. The molecular weight excluding hydrogens is 416 g/mol. The highest BCUT2D eigenvalue weighted by molar-refractivity contribution is 6.06. The highest BCUT2D eigenvalue weighted by Crippen LogP contribution is 2.20. The summed E-state index contributed by atoms with van der Waals surface area (Å²) in [4.78, 5) is 37.0. The molecule has 0 bridgehead atoms. The number of nitrogens with one attached hydrogen (secondary N) is 3. The molecule has 0 unspecified atom stereocenters. The van der Waals surface area contributed by atoms with Crippen molar-refractivity contribution in [2.24, 2.45) is 5.41 Å². The molecule has 170 valence electrons. The van der Waals surface area contributed by atoms with Crippen molar-refractivity contribution >= 4 is 40.5 Å². The summed E-state index contributed by atoms with van der Waals surface area (Å²) in [6.45, 7) is 6.00. The SMILES string of the molecule is CC(C)(C)CC(=O)Nc1ccc(C(=O)Nc2ccc(C(=O)Nc3ccc(N)cc3)cc2)cc1. The van der Waals surface area contributed by atoms with E-state index in [1.807, 2.05) is 20.8 Å². The van der Waals surface area contributed by atoms with Gasteiger partial charge in [-0.1, -0.05) is 20.8 Å². The molecule has 0 radical (unpaired) electrons. The van der Waals surface area contributed by atoms with Crippen molar-refractivity contribution in [3.8, 4) is 0 Å². The topological polar surface area (TPSA) is 113 Å². The first-order valence-electron chi connectivity index (χ1n) is 10.6. The van der Waals surface area contributed by atoms with Gasteiger partial charge < -0.3 is 21.7 Å². The van der Waals surface area contributed by atoms with Crippen LogP contribution in [0.5, 0.6) is 0 Å². The average Bonchev–Trinajstić information content (AvgIpc) is 2.75. The second kappa shape index (κ2) is 9.99. The van der Waals surface area contributed by atoms with Gasteiger partial charge in [0.05, 0.1) is 0 Å². The lowest BCUT2D eigenvalue weighted by atomic mass is 9.92. The fourth-order valence-corrected chi connectivity index (χ4v) is 3.07. The smallest absolute Gasteiger partial charge is 0.255 e. The number of amides is 3. The maximum Gasteiger partial charge on any atom is 0.255 e. The summed E-state index contributed by atoms with van der Waals surface area (Å²) in [5.74, 6) is -0.622. The number of nitrogen functional groups attached to an aromatic ring is 1. The maximum absolute atomic E-state index is 12.5. The summed E-state index contributed by atoms with van der Waals surface area (Å²) in [5, 5.41) is 8.43. The van der Waals surface area contributed by atoms with E-state index in [-0.39, 0.29) is 23.1 Å². The van der Waals surface area contributed by atoms with E-state index in [1.165, 1.54) is 0 Å². The lowest BCUT2D eigenvalue weighted by Crippen LogP contribution is -2.19. The van der Waals surface area contributed by atoms with Crippen LogP contribution >= 0.6 is 0 Å². The minimum absolute atomic E-state index is 0.0692. The molecule has 7 nitrogen and oxygen atoms in total. The quantitative estimate of drug-likeness (QED) is 0.394. The van der Waals surface area contributed by atoms with Crippen molar-refractivity contribution in [3.63, 3.8) is 0 Å². The molecule has 0 fully saturated rings. The third-order valence-electron chi connectivity index (χ3n) is 4.70. The average molecular weight is 445 g/mol. The Hall–Kier alpha value is -4.13.